The number of hydrogen-bond donors (Lipinski definition) is 1. The topological polar surface area (TPSA) is 37.0 Å². The van der Waals surface area contributed by atoms with E-state index in [0.717, 1.165) is 39.0 Å². The average molecular weight is 297 g/mol. The summed E-state index contributed by atoms with van der Waals surface area (Å²) in [5.74, 6) is -0.279. The number of nitrogens with one attached hydrogen (secondary N) is 1. The lowest BCUT2D eigenvalue weighted by Crippen LogP contribution is -2.61. The normalized spacial score (nSPS) is 34.6. The maximum atomic E-state index is 5.99. The number of likely N-dealkylation sites (N-methyl/N-ethyl adjacent to an activating group) is 1. The minimum Gasteiger partial charge on any atom is -0.347 e. The van der Waals surface area contributed by atoms with Crippen LogP contribution >= 0.6 is 0 Å². The van der Waals surface area contributed by atoms with Crippen molar-refractivity contribution < 1.29 is 9.47 Å². The lowest BCUT2D eigenvalue weighted by Gasteiger charge is -2.48. The van der Waals surface area contributed by atoms with Crippen LogP contribution in [0, 0.1) is 0 Å². The lowest BCUT2D eigenvalue weighted by molar-refractivity contribution is -0.194. The highest BCUT2D eigenvalue weighted by atomic mass is 16.7. The first-order valence-electron chi connectivity index (χ1n) is 8.66. The third-order valence-corrected chi connectivity index (χ3v) is 5.30. The van der Waals surface area contributed by atoms with Gasteiger partial charge in [-0.25, -0.2) is 0 Å². The SMILES string of the molecule is CCCNC1CCC2(CC1N1CCN(C)CC1)OCCO2. The Balaban J connectivity index is 1.66. The van der Waals surface area contributed by atoms with Crippen LogP contribution in [-0.4, -0.2) is 80.7 Å². The Morgan fingerprint density at radius 3 is 2.52 bits per heavy atom. The van der Waals surface area contributed by atoms with Crippen LogP contribution in [0.2, 0.25) is 0 Å². The van der Waals surface area contributed by atoms with E-state index in [1.54, 1.807) is 0 Å². The molecule has 2 saturated heterocycles. The third-order valence-electron chi connectivity index (χ3n) is 5.30. The molecule has 0 aromatic rings. The van der Waals surface area contributed by atoms with Gasteiger partial charge in [0.05, 0.1) is 13.2 Å². The molecule has 2 aliphatic heterocycles. The molecular weight excluding hydrogens is 266 g/mol. The quantitative estimate of drug-likeness (QED) is 0.834. The summed E-state index contributed by atoms with van der Waals surface area (Å²) in [5, 5.41) is 3.77. The highest BCUT2D eigenvalue weighted by Crippen LogP contribution is 2.38. The Hall–Kier alpha value is -0.200. The van der Waals surface area contributed by atoms with Crippen molar-refractivity contribution in [2.45, 2.75) is 50.5 Å². The summed E-state index contributed by atoms with van der Waals surface area (Å²) in [5.41, 5.74) is 0. The fourth-order valence-electron chi connectivity index (χ4n) is 3.99. The first kappa shape index (κ1) is 15.7. The van der Waals surface area contributed by atoms with Crippen molar-refractivity contribution >= 4 is 0 Å². The van der Waals surface area contributed by atoms with Crippen LogP contribution in [0.25, 0.3) is 0 Å². The fourth-order valence-corrected chi connectivity index (χ4v) is 3.99. The predicted molar refractivity (Wildman–Crippen MR) is 83.4 cm³/mol. The molecule has 2 unspecified atom stereocenters. The van der Waals surface area contributed by atoms with Crippen molar-refractivity contribution in [2.75, 3.05) is 53.0 Å². The molecule has 5 nitrogen and oxygen atoms in total. The molecule has 3 fully saturated rings. The number of nitrogens with zero attached hydrogens (tertiary/aromatic N) is 2. The van der Waals surface area contributed by atoms with E-state index in [-0.39, 0.29) is 5.79 Å². The zero-order valence-corrected chi connectivity index (χ0v) is 13.6. The van der Waals surface area contributed by atoms with Crippen molar-refractivity contribution in [1.29, 1.82) is 0 Å². The Labute approximate surface area is 128 Å². The molecule has 1 spiro atoms. The summed E-state index contributed by atoms with van der Waals surface area (Å²) in [6.45, 7) is 9.57. The second-order valence-corrected chi connectivity index (χ2v) is 6.82. The van der Waals surface area contributed by atoms with E-state index in [2.05, 4.69) is 29.1 Å². The molecule has 21 heavy (non-hydrogen) atoms. The molecule has 1 saturated carbocycles. The maximum absolute atomic E-state index is 5.99. The maximum Gasteiger partial charge on any atom is 0.170 e. The molecule has 3 aliphatic rings. The minimum absolute atomic E-state index is 0.279. The van der Waals surface area contributed by atoms with Gasteiger partial charge in [0.25, 0.3) is 0 Å². The summed E-state index contributed by atoms with van der Waals surface area (Å²) in [6, 6.07) is 1.14. The van der Waals surface area contributed by atoms with Crippen molar-refractivity contribution in [3.8, 4) is 0 Å². The first-order valence-corrected chi connectivity index (χ1v) is 8.66. The van der Waals surface area contributed by atoms with Gasteiger partial charge in [0.15, 0.2) is 5.79 Å². The molecule has 2 atom stereocenters. The van der Waals surface area contributed by atoms with Gasteiger partial charge in [-0.2, -0.15) is 0 Å². The van der Waals surface area contributed by atoms with E-state index in [1.165, 1.54) is 32.6 Å². The molecule has 0 aromatic heterocycles. The third kappa shape index (κ3) is 3.59. The molecule has 0 radical (unpaired) electrons. The predicted octanol–water partition coefficient (Wildman–Crippen LogP) is 0.898. The van der Waals surface area contributed by atoms with Crippen LogP contribution in [0.4, 0.5) is 0 Å². The monoisotopic (exact) mass is 297 g/mol. The Morgan fingerprint density at radius 2 is 1.86 bits per heavy atom. The van der Waals surface area contributed by atoms with Gasteiger partial charge in [0.2, 0.25) is 0 Å². The van der Waals surface area contributed by atoms with Gasteiger partial charge in [-0.15, -0.1) is 0 Å². The largest absolute Gasteiger partial charge is 0.347 e. The van der Waals surface area contributed by atoms with Crippen LogP contribution in [0.1, 0.15) is 32.6 Å². The van der Waals surface area contributed by atoms with Crippen LogP contribution in [0.3, 0.4) is 0 Å². The summed E-state index contributed by atoms with van der Waals surface area (Å²) in [4.78, 5) is 5.09. The van der Waals surface area contributed by atoms with Gasteiger partial charge < -0.3 is 19.7 Å². The number of hydrogen-bond acceptors (Lipinski definition) is 5. The number of piperazine rings is 1. The molecule has 1 N–H and O–H groups in total. The van der Waals surface area contributed by atoms with E-state index in [4.69, 9.17) is 9.47 Å². The Morgan fingerprint density at radius 1 is 1.14 bits per heavy atom. The Bertz CT molecular complexity index is 321. The minimum atomic E-state index is -0.279. The van der Waals surface area contributed by atoms with Gasteiger partial charge in [-0.1, -0.05) is 6.92 Å². The molecular formula is C16H31N3O2. The van der Waals surface area contributed by atoms with Crippen LogP contribution in [0.5, 0.6) is 0 Å². The molecule has 1 aliphatic carbocycles. The van der Waals surface area contributed by atoms with Gasteiger partial charge >= 0.3 is 0 Å². The average Bonchev–Trinajstić information content (AvgIpc) is 2.95. The number of rotatable bonds is 4. The first-order chi connectivity index (χ1) is 10.2. The van der Waals surface area contributed by atoms with E-state index >= 15 is 0 Å². The van der Waals surface area contributed by atoms with Crippen LogP contribution in [0.15, 0.2) is 0 Å². The molecule has 122 valence electrons. The highest BCUT2D eigenvalue weighted by molar-refractivity contribution is 4.97. The summed E-state index contributed by atoms with van der Waals surface area (Å²) in [6.07, 6.45) is 4.43. The van der Waals surface area contributed by atoms with E-state index in [1.807, 2.05) is 0 Å². The van der Waals surface area contributed by atoms with Gasteiger partial charge in [-0.05, 0) is 26.4 Å². The summed E-state index contributed by atoms with van der Waals surface area (Å²) < 4.78 is 12.0. The fraction of sp³-hybridized carbons (Fsp3) is 1.00. The zero-order chi connectivity index (χ0) is 14.7. The van der Waals surface area contributed by atoms with Crippen molar-refractivity contribution in [2.24, 2.45) is 0 Å². The zero-order valence-electron chi connectivity index (χ0n) is 13.6. The molecule has 0 aromatic carbocycles. The second kappa shape index (κ2) is 6.92. The second-order valence-electron chi connectivity index (χ2n) is 6.82. The van der Waals surface area contributed by atoms with Crippen molar-refractivity contribution in [3.63, 3.8) is 0 Å². The highest BCUT2D eigenvalue weighted by Gasteiger charge is 2.46. The molecule has 5 heteroatoms. The smallest absolute Gasteiger partial charge is 0.170 e. The van der Waals surface area contributed by atoms with Gasteiger partial charge in [0, 0.05) is 51.1 Å². The lowest BCUT2D eigenvalue weighted by atomic mass is 9.84. The van der Waals surface area contributed by atoms with Crippen molar-refractivity contribution in [3.05, 3.63) is 0 Å². The van der Waals surface area contributed by atoms with Crippen LogP contribution in [-0.2, 0) is 9.47 Å². The standard InChI is InChI=1S/C16H31N3O2/c1-3-6-17-14-4-5-16(20-11-12-21-16)13-15(14)19-9-7-18(2)8-10-19/h14-15,17H,3-13H2,1-2H3. The molecule has 3 rings (SSSR count). The molecule has 0 amide bonds. The van der Waals surface area contributed by atoms with E-state index < -0.39 is 0 Å². The number of ether oxygens (including phenoxy) is 2. The van der Waals surface area contributed by atoms with Gasteiger partial charge in [0.1, 0.15) is 0 Å². The summed E-state index contributed by atoms with van der Waals surface area (Å²) in [7, 11) is 2.22. The van der Waals surface area contributed by atoms with Gasteiger partial charge in [-0.3, -0.25) is 4.90 Å². The Kier molecular flexibility index (Phi) is 5.17. The van der Waals surface area contributed by atoms with E-state index in [0.29, 0.717) is 12.1 Å². The molecule has 0 bridgehead atoms. The molecule has 2 heterocycles. The van der Waals surface area contributed by atoms with E-state index in [9.17, 15) is 0 Å². The van der Waals surface area contributed by atoms with Crippen molar-refractivity contribution in [1.82, 2.24) is 15.1 Å². The van der Waals surface area contributed by atoms with Crippen LogP contribution < -0.4 is 5.32 Å². The summed E-state index contributed by atoms with van der Waals surface area (Å²) >= 11 is 0.